The lowest BCUT2D eigenvalue weighted by Gasteiger charge is -2.11. The lowest BCUT2D eigenvalue weighted by atomic mass is 10.2. The van der Waals surface area contributed by atoms with Gasteiger partial charge in [0.1, 0.15) is 5.82 Å². The van der Waals surface area contributed by atoms with Crippen LogP contribution in [0.3, 0.4) is 0 Å². The van der Waals surface area contributed by atoms with Crippen molar-refractivity contribution in [2.24, 2.45) is 4.99 Å². The molecule has 0 saturated heterocycles. The Morgan fingerprint density at radius 3 is 2.43 bits per heavy atom. The van der Waals surface area contributed by atoms with E-state index in [9.17, 15) is 4.39 Å². The number of nitrogens with zero attached hydrogens (tertiary/aromatic N) is 1. The van der Waals surface area contributed by atoms with E-state index in [1.54, 1.807) is 12.1 Å². The minimum atomic E-state index is -0.205. The van der Waals surface area contributed by atoms with Crippen molar-refractivity contribution in [3.05, 3.63) is 71.5 Å². The maximum Gasteiger partial charge on any atom is 0.191 e. The van der Waals surface area contributed by atoms with Gasteiger partial charge in [-0.1, -0.05) is 48.5 Å². The van der Waals surface area contributed by atoms with E-state index in [1.165, 1.54) is 6.07 Å². The van der Waals surface area contributed by atoms with Gasteiger partial charge in [-0.2, -0.15) is 0 Å². The average molecular weight is 285 g/mol. The lowest BCUT2D eigenvalue weighted by Crippen LogP contribution is -2.37. The Morgan fingerprint density at radius 1 is 1.00 bits per heavy atom. The molecule has 2 rings (SSSR count). The van der Waals surface area contributed by atoms with Crippen LogP contribution in [0, 0.1) is 5.82 Å². The van der Waals surface area contributed by atoms with E-state index in [0.717, 1.165) is 12.1 Å². The zero-order chi connectivity index (χ0) is 14.9. The second-order valence-electron chi connectivity index (χ2n) is 4.63. The first-order valence-corrected chi connectivity index (χ1v) is 7.09. The predicted octanol–water partition coefficient (Wildman–Crippen LogP) is 3.08. The zero-order valence-corrected chi connectivity index (χ0v) is 12.1. The highest BCUT2D eigenvalue weighted by molar-refractivity contribution is 5.79. The van der Waals surface area contributed by atoms with Crippen LogP contribution < -0.4 is 10.6 Å². The van der Waals surface area contributed by atoms with E-state index in [1.807, 2.05) is 43.3 Å². The summed E-state index contributed by atoms with van der Waals surface area (Å²) in [5.74, 6) is 0.480. The molecule has 0 aliphatic carbocycles. The quantitative estimate of drug-likeness (QED) is 0.654. The molecule has 0 atom stereocenters. The average Bonchev–Trinajstić information content (AvgIpc) is 2.52. The third-order valence-corrected chi connectivity index (χ3v) is 3.01. The van der Waals surface area contributed by atoms with E-state index >= 15 is 0 Å². The number of hydrogen-bond donors (Lipinski definition) is 2. The first-order chi connectivity index (χ1) is 10.3. The van der Waals surface area contributed by atoms with E-state index < -0.39 is 0 Å². The van der Waals surface area contributed by atoms with Crippen LogP contribution >= 0.6 is 0 Å². The summed E-state index contributed by atoms with van der Waals surface area (Å²) in [7, 11) is 0. The Balaban J connectivity index is 1.97. The second-order valence-corrected chi connectivity index (χ2v) is 4.63. The van der Waals surface area contributed by atoms with E-state index in [2.05, 4.69) is 15.6 Å². The minimum Gasteiger partial charge on any atom is -0.357 e. The molecule has 0 fully saturated rings. The molecule has 110 valence electrons. The summed E-state index contributed by atoms with van der Waals surface area (Å²) >= 11 is 0. The van der Waals surface area contributed by atoms with E-state index in [4.69, 9.17) is 0 Å². The normalized spacial score (nSPS) is 11.2. The molecular formula is C17H20FN3. The van der Waals surface area contributed by atoms with Gasteiger partial charge in [0.2, 0.25) is 0 Å². The van der Waals surface area contributed by atoms with Crippen LogP contribution in [-0.2, 0) is 13.1 Å². The van der Waals surface area contributed by atoms with Crippen molar-refractivity contribution in [1.29, 1.82) is 0 Å². The number of benzene rings is 2. The largest absolute Gasteiger partial charge is 0.357 e. The molecule has 21 heavy (non-hydrogen) atoms. The molecule has 0 radical (unpaired) electrons. The molecule has 4 heteroatoms. The Kier molecular flexibility index (Phi) is 5.76. The molecule has 0 aliphatic heterocycles. The van der Waals surface area contributed by atoms with Crippen molar-refractivity contribution >= 4 is 5.96 Å². The summed E-state index contributed by atoms with van der Waals surface area (Å²) < 4.78 is 13.6. The standard InChI is InChI=1S/C17H20FN3/c1-2-19-17(20-12-14-8-4-3-5-9-14)21-13-15-10-6-7-11-16(15)18/h3-11H,2,12-13H2,1H3,(H2,19,20,21). The van der Waals surface area contributed by atoms with Gasteiger partial charge in [0.15, 0.2) is 5.96 Å². The topological polar surface area (TPSA) is 36.4 Å². The summed E-state index contributed by atoms with van der Waals surface area (Å²) in [5, 5.41) is 6.31. The van der Waals surface area contributed by atoms with Crippen LogP contribution in [0.1, 0.15) is 18.1 Å². The number of rotatable bonds is 5. The van der Waals surface area contributed by atoms with Gasteiger partial charge in [0.25, 0.3) is 0 Å². The third kappa shape index (κ3) is 4.91. The molecular weight excluding hydrogens is 265 g/mol. The first-order valence-electron chi connectivity index (χ1n) is 7.09. The molecule has 0 unspecified atom stereocenters. The van der Waals surface area contributed by atoms with Crippen molar-refractivity contribution in [3.63, 3.8) is 0 Å². The number of hydrogen-bond acceptors (Lipinski definition) is 1. The Morgan fingerprint density at radius 2 is 1.71 bits per heavy atom. The van der Waals surface area contributed by atoms with Gasteiger partial charge in [-0.05, 0) is 18.6 Å². The molecule has 2 N–H and O–H groups in total. The monoisotopic (exact) mass is 285 g/mol. The molecule has 3 nitrogen and oxygen atoms in total. The van der Waals surface area contributed by atoms with Crippen LogP contribution in [0.5, 0.6) is 0 Å². The van der Waals surface area contributed by atoms with Crippen molar-refractivity contribution in [1.82, 2.24) is 10.6 Å². The molecule has 2 aromatic rings. The smallest absolute Gasteiger partial charge is 0.191 e. The van der Waals surface area contributed by atoms with Gasteiger partial charge in [-0.25, -0.2) is 9.38 Å². The summed E-state index contributed by atoms with van der Waals surface area (Å²) in [6.07, 6.45) is 0. The summed E-state index contributed by atoms with van der Waals surface area (Å²) in [6.45, 7) is 3.77. The maximum absolute atomic E-state index is 13.6. The number of guanidine groups is 1. The SMILES string of the molecule is CCNC(=NCc1ccccc1)NCc1ccccc1F. The molecule has 0 aliphatic rings. The predicted molar refractivity (Wildman–Crippen MR) is 84.5 cm³/mol. The fraction of sp³-hybridized carbons (Fsp3) is 0.235. The van der Waals surface area contributed by atoms with Gasteiger partial charge < -0.3 is 10.6 Å². The summed E-state index contributed by atoms with van der Waals surface area (Å²) in [6, 6.07) is 16.8. The number of nitrogens with one attached hydrogen (secondary N) is 2. The number of halogens is 1. The van der Waals surface area contributed by atoms with Gasteiger partial charge >= 0.3 is 0 Å². The summed E-state index contributed by atoms with van der Waals surface area (Å²) in [4.78, 5) is 4.50. The highest BCUT2D eigenvalue weighted by Gasteiger charge is 2.02. The first kappa shape index (κ1) is 15.0. The highest BCUT2D eigenvalue weighted by atomic mass is 19.1. The Labute approximate surface area is 124 Å². The van der Waals surface area contributed by atoms with Gasteiger partial charge in [-0.15, -0.1) is 0 Å². The molecule has 0 amide bonds. The highest BCUT2D eigenvalue weighted by Crippen LogP contribution is 2.05. The van der Waals surface area contributed by atoms with Crippen molar-refractivity contribution in [3.8, 4) is 0 Å². The zero-order valence-electron chi connectivity index (χ0n) is 12.1. The second kappa shape index (κ2) is 8.04. The van der Waals surface area contributed by atoms with Crippen molar-refractivity contribution in [2.45, 2.75) is 20.0 Å². The van der Waals surface area contributed by atoms with E-state index in [-0.39, 0.29) is 5.82 Å². The molecule has 0 aromatic heterocycles. The van der Waals surface area contributed by atoms with Crippen molar-refractivity contribution < 1.29 is 4.39 Å². The van der Waals surface area contributed by atoms with Gasteiger partial charge in [0, 0.05) is 18.7 Å². The molecule has 2 aromatic carbocycles. The molecule has 0 spiro atoms. The Bertz CT molecular complexity index is 582. The third-order valence-electron chi connectivity index (χ3n) is 3.01. The minimum absolute atomic E-state index is 0.205. The Hall–Kier alpha value is -2.36. The summed E-state index contributed by atoms with van der Waals surface area (Å²) in [5.41, 5.74) is 1.77. The van der Waals surface area contributed by atoms with Crippen molar-refractivity contribution in [2.75, 3.05) is 6.54 Å². The van der Waals surface area contributed by atoms with E-state index in [0.29, 0.717) is 24.6 Å². The van der Waals surface area contributed by atoms with Crippen LogP contribution in [0.25, 0.3) is 0 Å². The molecule has 0 saturated carbocycles. The maximum atomic E-state index is 13.6. The van der Waals surface area contributed by atoms with Crippen LogP contribution in [-0.4, -0.2) is 12.5 Å². The molecule has 0 bridgehead atoms. The van der Waals surface area contributed by atoms with Crippen LogP contribution in [0.2, 0.25) is 0 Å². The van der Waals surface area contributed by atoms with Crippen LogP contribution in [0.4, 0.5) is 4.39 Å². The fourth-order valence-corrected chi connectivity index (χ4v) is 1.92. The van der Waals surface area contributed by atoms with Gasteiger partial charge in [0.05, 0.1) is 6.54 Å². The van der Waals surface area contributed by atoms with Gasteiger partial charge in [-0.3, -0.25) is 0 Å². The lowest BCUT2D eigenvalue weighted by molar-refractivity contribution is 0.604. The molecule has 0 heterocycles. The number of aliphatic imine (C=N–C) groups is 1. The fourth-order valence-electron chi connectivity index (χ4n) is 1.92. The van der Waals surface area contributed by atoms with Crippen LogP contribution in [0.15, 0.2) is 59.6 Å².